The van der Waals surface area contributed by atoms with Crippen molar-refractivity contribution in [2.75, 3.05) is 13.7 Å². The average molecular weight is 312 g/mol. The number of hydrogen-bond acceptors (Lipinski definition) is 4. The Bertz CT molecular complexity index is 666. The molecule has 2 rings (SSSR count). The summed E-state index contributed by atoms with van der Waals surface area (Å²) >= 11 is 0. The Morgan fingerprint density at radius 2 is 1.91 bits per heavy atom. The van der Waals surface area contributed by atoms with Crippen LogP contribution in [0.4, 0.5) is 0 Å². The third-order valence-electron chi connectivity index (χ3n) is 3.10. The Morgan fingerprint density at radius 3 is 2.61 bits per heavy atom. The van der Waals surface area contributed by atoms with Gasteiger partial charge in [0.25, 0.3) is 5.91 Å². The van der Waals surface area contributed by atoms with Crippen LogP contribution in [0.5, 0.6) is 11.5 Å². The zero-order chi connectivity index (χ0) is 16.5. The summed E-state index contributed by atoms with van der Waals surface area (Å²) in [6.07, 6.45) is 2.50. The van der Waals surface area contributed by atoms with Crippen LogP contribution < -0.4 is 14.9 Å². The zero-order valence-corrected chi connectivity index (χ0v) is 13.3. The molecule has 0 saturated heterocycles. The van der Waals surface area contributed by atoms with Gasteiger partial charge in [-0.25, -0.2) is 5.43 Å². The van der Waals surface area contributed by atoms with Crippen LogP contribution in [-0.4, -0.2) is 25.8 Å². The molecule has 5 heteroatoms. The first-order valence-electron chi connectivity index (χ1n) is 7.44. The molecule has 0 saturated carbocycles. The van der Waals surface area contributed by atoms with Crippen molar-refractivity contribution >= 4 is 12.1 Å². The van der Waals surface area contributed by atoms with Crippen molar-refractivity contribution in [2.45, 2.75) is 13.3 Å². The lowest BCUT2D eigenvalue weighted by Crippen LogP contribution is -2.17. The largest absolute Gasteiger partial charge is 0.496 e. The van der Waals surface area contributed by atoms with Gasteiger partial charge >= 0.3 is 0 Å². The fraction of sp³-hybridized carbons (Fsp3) is 0.222. The van der Waals surface area contributed by atoms with Gasteiger partial charge in [-0.2, -0.15) is 5.10 Å². The summed E-state index contributed by atoms with van der Waals surface area (Å²) in [6, 6.07) is 14.4. The maximum atomic E-state index is 12.0. The molecule has 0 aliphatic heterocycles. The smallest absolute Gasteiger partial charge is 0.271 e. The van der Waals surface area contributed by atoms with Gasteiger partial charge < -0.3 is 9.47 Å². The van der Waals surface area contributed by atoms with E-state index in [-0.39, 0.29) is 5.91 Å². The fourth-order valence-corrected chi connectivity index (χ4v) is 1.92. The average Bonchev–Trinajstić information content (AvgIpc) is 2.60. The van der Waals surface area contributed by atoms with Gasteiger partial charge in [-0.1, -0.05) is 19.1 Å². The molecular weight excluding hydrogens is 292 g/mol. The standard InChI is InChI=1S/C18H20N2O3/c1-3-12-23-16-10-8-14(9-11-16)18(21)20-19-13-15-6-4-5-7-17(15)22-2/h4-11,13H,3,12H2,1-2H3,(H,20,21)/b19-13+. The number of amides is 1. The molecule has 5 nitrogen and oxygen atoms in total. The summed E-state index contributed by atoms with van der Waals surface area (Å²) in [5.41, 5.74) is 3.81. The highest BCUT2D eigenvalue weighted by atomic mass is 16.5. The van der Waals surface area contributed by atoms with E-state index in [9.17, 15) is 4.79 Å². The van der Waals surface area contributed by atoms with Gasteiger partial charge in [0.15, 0.2) is 0 Å². The molecule has 0 atom stereocenters. The van der Waals surface area contributed by atoms with Gasteiger partial charge in [-0.15, -0.1) is 0 Å². The SMILES string of the molecule is CCCOc1ccc(C(=O)N/N=C/c2ccccc2OC)cc1. The molecule has 1 N–H and O–H groups in total. The zero-order valence-electron chi connectivity index (χ0n) is 13.3. The third kappa shape index (κ3) is 4.85. The van der Waals surface area contributed by atoms with E-state index < -0.39 is 0 Å². The van der Waals surface area contributed by atoms with Crippen LogP contribution in [0.3, 0.4) is 0 Å². The number of benzene rings is 2. The molecule has 0 aliphatic carbocycles. The minimum Gasteiger partial charge on any atom is -0.496 e. The van der Waals surface area contributed by atoms with E-state index in [1.54, 1.807) is 37.6 Å². The van der Waals surface area contributed by atoms with E-state index in [4.69, 9.17) is 9.47 Å². The van der Waals surface area contributed by atoms with Gasteiger partial charge in [0.2, 0.25) is 0 Å². The van der Waals surface area contributed by atoms with Crippen LogP contribution in [0, 0.1) is 0 Å². The number of para-hydroxylation sites is 1. The normalized spacial score (nSPS) is 10.5. The first kappa shape index (κ1) is 16.5. The van der Waals surface area contributed by atoms with Crippen LogP contribution in [0.25, 0.3) is 0 Å². The van der Waals surface area contributed by atoms with Crippen molar-refractivity contribution in [2.24, 2.45) is 5.10 Å². The van der Waals surface area contributed by atoms with E-state index in [2.05, 4.69) is 10.5 Å². The summed E-state index contributed by atoms with van der Waals surface area (Å²) in [4.78, 5) is 12.0. The van der Waals surface area contributed by atoms with Crippen molar-refractivity contribution in [3.05, 3.63) is 59.7 Å². The lowest BCUT2D eigenvalue weighted by molar-refractivity contribution is 0.0955. The van der Waals surface area contributed by atoms with Crippen molar-refractivity contribution < 1.29 is 14.3 Å². The van der Waals surface area contributed by atoms with Gasteiger partial charge in [0.05, 0.1) is 19.9 Å². The summed E-state index contributed by atoms with van der Waals surface area (Å²) in [7, 11) is 1.59. The highest BCUT2D eigenvalue weighted by molar-refractivity contribution is 5.95. The number of rotatable bonds is 7. The Kier molecular flexibility index (Phi) is 6.17. The van der Waals surface area contributed by atoms with E-state index in [0.717, 1.165) is 17.7 Å². The second-order valence-corrected chi connectivity index (χ2v) is 4.81. The number of carbonyl (C=O) groups is 1. The number of carbonyl (C=O) groups excluding carboxylic acids is 1. The van der Waals surface area contributed by atoms with Crippen LogP contribution in [0.1, 0.15) is 29.3 Å². The Morgan fingerprint density at radius 1 is 1.17 bits per heavy atom. The molecule has 0 unspecified atom stereocenters. The van der Waals surface area contributed by atoms with Gasteiger partial charge in [-0.3, -0.25) is 4.79 Å². The molecule has 0 heterocycles. The Balaban J connectivity index is 1.95. The predicted molar refractivity (Wildman–Crippen MR) is 90.3 cm³/mol. The van der Waals surface area contributed by atoms with Crippen molar-refractivity contribution in [1.82, 2.24) is 5.43 Å². The number of methoxy groups -OCH3 is 1. The first-order valence-corrected chi connectivity index (χ1v) is 7.44. The van der Waals surface area contributed by atoms with Crippen LogP contribution >= 0.6 is 0 Å². The summed E-state index contributed by atoms with van der Waals surface area (Å²) in [6.45, 7) is 2.70. The van der Waals surface area contributed by atoms with Crippen LogP contribution in [0.2, 0.25) is 0 Å². The van der Waals surface area contributed by atoms with E-state index in [1.807, 2.05) is 31.2 Å². The highest BCUT2D eigenvalue weighted by Gasteiger charge is 2.04. The molecule has 23 heavy (non-hydrogen) atoms. The summed E-state index contributed by atoms with van der Waals surface area (Å²) in [5.74, 6) is 1.17. The van der Waals surface area contributed by atoms with Crippen molar-refractivity contribution in [3.8, 4) is 11.5 Å². The topological polar surface area (TPSA) is 59.9 Å². The molecule has 2 aromatic rings. The van der Waals surface area contributed by atoms with Gasteiger partial charge in [-0.05, 0) is 42.8 Å². The fourth-order valence-electron chi connectivity index (χ4n) is 1.92. The number of ether oxygens (including phenoxy) is 2. The van der Waals surface area contributed by atoms with Gasteiger partial charge in [0, 0.05) is 11.1 Å². The molecule has 0 aliphatic rings. The lowest BCUT2D eigenvalue weighted by atomic mass is 10.2. The summed E-state index contributed by atoms with van der Waals surface area (Å²) < 4.78 is 10.7. The van der Waals surface area contributed by atoms with E-state index in [0.29, 0.717) is 17.9 Å². The number of hydrazone groups is 1. The molecular formula is C18H20N2O3. The molecule has 0 bridgehead atoms. The monoisotopic (exact) mass is 312 g/mol. The first-order chi connectivity index (χ1) is 11.2. The molecule has 2 aromatic carbocycles. The predicted octanol–water partition coefficient (Wildman–Crippen LogP) is 3.25. The van der Waals surface area contributed by atoms with E-state index >= 15 is 0 Å². The second-order valence-electron chi connectivity index (χ2n) is 4.81. The molecule has 120 valence electrons. The minimum atomic E-state index is -0.279. The maximum Gasteiger partial charge on any atom is 0.271 e. The quantitative estimate of drug-likeness (QED) is 0.630. The molecule has 0 radical (unpaired) electrons. The van der Waals surface area contributed by atoms with Crippen molar-refractivity contribution in [3.63, 3.8) is 0 Å². The maximum absolute atomic E-state index is 12.0. The number of hydrogen-bond donors (Lipinski definition) is 1. The molecule has 0 fully saturated rings. The van der Waals surface area contributed by atoms with Gasteiger partial charge in [0.1, 0.15) is 11.5 Å². The molecule has 0 aromatic heterocycles. The lowest BCUT2D eigenvalue weighted by Gasteiger charge is -2.05. The minimum absolute atomic E-state index is 0.279. The molecule has 1 amide bonds. The third-order valence-corrected chi connectivity index (χ3v) is 3.10. The molecule has 0 spiro atoms. The number of nitrogens with one attached hydrogen (secondary N) is 1. The Hall–Kier alpha value is -2.82. The Labute approximate surface area is 135 Å². The second kappa shape index (κ2) is 8.58. The number of nitrogens with zero attached hydrogens (tertiary/aromatic N) is 1. The van der Waals surface area contributed by atoms with Crippen LogP contribution in [0.15, 0.2) is 53.6 Å². The summed E-state index contributed by atoms with van der Waals surface area (Å²) in [5, 5.41) is 3.96. The van der Waals surface area contributed by atoms with E-state index in [1.165, 1.54) is 0 Å². The van der Waals surface area contributed by atoms with Crippen molar-refractivity contribution in [1.29, 1.82) is 0 Å². The van der Waals surface area contributed by atoms with Crippen LogP contribution in [-0.2, 0) is 0 Å². The highest BCUT2D eigenvalue weighted by Crippen LogP contribution is 2.15.